The molecule has 0 radical (unpaired) electrons. The van der Waals surface area contributed by atoms with E-state index in [4.69, 9.17) is 30.3 Å². The lowest BCUT2D eigenvalue weighted by Gasteiger charge is -2.18. The maximum atomic E-state index is 12.7. The van der Waals surface area contributed by atoms with Gasteiger partial charge >= 0.3 is 5.97 Å². The molecule has 0 amide bonds. The summed E-state index contributed by atoms with van der Waals surface area (Å²) in [7, 11) is 0. The average Bonchev–Trinajstić information content (AvgIpc) is 2.78. The normalized spacial score (nSPS) is 12.2. The summed E-state index contributed by atoms with van der Waals surface area (Å²) < 4.78 is 16.8. The van der Waals surface area contributed by atoms with E-state index in [-0.39, 0.29) is 24.8 Å². The van der Waals surface area contributed by atoms with Gasteiger partial charge in [0.2, 0.25) is 0 Å². The van der Waals surface area contributed by atoms with Crippen molar-refractivity contribution in [3.8, 4) is 17.2 Å². The van der Waals surface area contributed by atoms with Crippen molar-refractivity contribution >= 4 is 17.5 Å². The lowest BCUT2D eigenvalue weighted by Crippen LogP contribution is -2.30. The third kappa shape index (κ3) is 6.51. The zero-order valence-electron chi connectivity index (χ0n) is 17.9. The van der Waals surface area contributed by atoms with E-state index in [0.717, 1.165) is 5.56 Å². The molecule has 1 unspecified atom stereocenters. The van der Waals surface area contributed by atoms with E-state index in [1.54, 1.807) is 43.3 Å². The van der Waals surface area contributed by atoms with E-state index in [1.165, 1.54) is 0 Å². The van der Waals surface area contributed by atoms with E-state index >= 15 is 0 Å². The number of ether oxygens (including phenoxy) is 3. The van der Waals surface area contributed by atoms with Gasteiger partial charge in [0.25, 0.3) is 0 Å². The van der Waals surface area contributed by atoms with Gasteiger partial charge in [-0.2, -0.15) is 0 Å². The molecule has 0 saturated carbocycles. The number of oxime groups is 1. The molecule has 0 heterocycles. The molecule has 0 aliphatic carbocycles. The third-order valence-electron chi connectivity index (χ3n) is 4.39. The molecule has 5 N–H and O–H groups in total. The number of hydrogen-bond acceptors (Lipinski definition) is 8. The summed E-state index contributed by atoms with van der Waals surface area (Å²) >= 11 is 0. The van der Waals surface area contributed by atoms with Crippen LogP contribution in [0, 0.1) is 0 Å². The minimum atomic E-state index is -0.669. The van der Waals surface area contributed by atoms with Crippen LogP contribution in [0.2, 0.25) is 0 Å². The zero-order chi connectivity index (χ0) is 22.8. The smallest absolute Gasteiger partial charge is 0.333 e. The highest BCUT2D eigenvalue weighted by Gasteiger charge is 2.20. The number of nitrogens with zero attached hydrogens (tertiary/aromatic N) is 1. The van der Waals surface area contributed by atoms with Crippen LogP contribution in [0.3, 0.4) is 0 Å². The first-order chi connectivity index (χ1) is 14.9. The number of benzene rings is 2. The first-order valence-corrected chi connectivity index (χ1v) is 10.0. The first kappa shape index (κ1) is 23.8. The van der Waals surface area contributed by atoms with E-state index < -0.39 is 12.0 Å². The van der Waals surface area contributed by atoms with Gasteiger partial charge in [-0.1, -0.05) is 12.1 Å². The van der Waals surface area contributed by atoms with Crippen LogP contribution < -0.4 is 25.3 Å². The number of carbonyl (C=O) groups is 1. The highest BCUT2D eigenvalue weighted by molar-refractivity contribution is 5.97. The van der Waals surface area contributed by atoms with Gasteiger partial charge in [0, 0.05) is 17.3 Å². The number of amidine groups is 1. The molecule has 9 nitrogen and oxygen atoms in total. The Morgan fingerprint density at radius 1 is 1.13 bits per heavy atom. The van der Waals surface area contributed by atoms with E-state index in [0.29, 0.717) is 35.8 Å². The fourth-order valence-corrected chi connectivity index (χ4v) is 2.80. The molecule has 0 aromatic heterocycles. The van der Waals surface area contributed by atoms with Gasteiger partial charge < -0.3 is 35.6 Å². The number of rotatable bonds is 11. The van der Waals surface area contributed by atoms with Gasteiger partial charge in [-0.3, -0.25) is 0 Å². The first-order valence-electron chi connectivity index (χ1n) is 10.0. The monoisotopic (exact) mass is 431 g/mol. The maximum absolute atomic E-state index is 12.7. The minimum absolute atomic E-state index is 0.00311. The zero-order valence-corrected chi connectivity index (χ0v) is 17.9. The molecule has 2 rings (SSSR count). The summed E-state index contributed by atoms with van der Waals surface area (Å²) in [4.78, 5) is 12.7. The molecular weight excluding hydrogens is 402 g/mol. The summed E-state index contributed by atoms with van der Waals surface area (Å²) in [6, 6.07) is 9.46. The van der Waals surface area contributed by atoms with Crippen LogP contribution in [0.5, 0.6) is 17.2 Å². The van der Waals surface area contributed by atoms with Crippen molar-refractivity contribution in [1.82, 2.24) is 0 Å². The van der Waals surface area contributed by atoms with Crippen molar-refractivity contribution in [3.63, 3.8) is 0 Å². The van der Waals surface area contributed by atoms with Gasteiger partial charge in [-0.05, 0) is 56.2 Å². The quantitative estimate of drug-likeness (QED) is 0.106. The van der Waals surface area contributed by atoms with Crippen LogP contribution in [0.4, 0.5) is 5.69 Å². The van der Waals surface area contributed by atoms with Gasteiger partial charge in [0.1, 0.15) is 18.4 Å². The Morgan fingerprint density at radius 2 is 1.84 bits per heavy atom. The fourth-order valence-electron chi connectivity index (χ4n) is 2.80. The predicted molar refractivity (Wildman–Crippen MR) is 117 cm³/mol. The summed E-state index contributed by atoms with van der Waals surface area (Å²) in [6.45, 7) is 5.89. The number of carbonyl (C=O) groups excluding carboxylic acids is 1. The number of aliphatic hydroxyl groups is 1. The summed E-state index contributed by atoms with van der Waals surface area (Å²) in [5, 5.41) is 23.8. The lowest BCUT2D eigenvalue weighted by molar-refractivity contribution is -0.135. The molecule has 168 valence electrons. The maximum Gasteiger partial charge on any atom is 0.333 e. The molecule has 0 fully saturated rings. The second-order valence-corrected chi connectivity index (χ2v) is 6.62. The summed E-state index contributed by atoms with van der Waals surface area (Å²) in [5.41, 5.74) is 7.64. The Labute approximate surface area is 181 Å². The second kappa shape index (κ2) is 11.7. The SMILES string of the molecule is CCOc1cc(OCCO)c(OC(=O)C(C)Nc2ccc(C(N)=NO)cc2)cc1CC. The highest BCUT2D eigenvalue weighted by Crippen LogP contribution is 2.36. The summed E-state index contributed by atoms with van der Waals surface area (Å²) in [6.07, 6.45) is 0.681. The fraction of sp³-hybridized carbons (Fsp3) is 0.364. The number of aryl methyl sites for hydroxylation is 1. The number of aliphatic hydroxyl groups excluding tert-OH is 1. The van der Waals surface area contributed by atoms with Crippen LogP contribution in [-0.2, 0) is 11.2 Å². The van der Waals surface area contributed by atoms with Crippen molar-refractivity contribution < 1.29 is 29.3 Å². The Bertz CT molecular complexity index is 899. The Kier molecular flexibility index (Phi) is 8.95. The van der Waals surface area contributed by atoms with Crippen LogP contribution in [0.1, 0.15) is 31.9 Å². The summed E-state index contributed by atoms with van der Waals surface area (Å²) in [5.74, 6) is 0.708. The topological polar surface area (TPSA) is 136 Å². The van der Waals surface area contributed by atoms with Crippen molar-refractivity contribution in [2.45, 2.75) is 33.2 Å². The molecular formula is C22H29N3O6. The molecule has 0 saturated heterocycles. The van der Waals surface area contributed by atoms with Gasteiger partial charge in [-0.15, -0.1) is 0 Å². The molecule has 0 aliphatic heterocycles. The van der Waals surface area contributed by atoms with E-state index in [1.807, 2.05) is 13.8 Å². The van der Waals surface area contributed by atoms with Crippen molar-refractivity contribution in [2.75, 3.05) is 25.1 Å². The molecule has 2 aromatic carbocycles. The third-order valence-corrected chi connectivity index (χ3v) is 4.39. The van der Waals surface area contributed by atoms with Gasteiger partial charge in [0.15, 0.2) is 17.3 Å². The molecule has 0 spiro atoms. The lowest BCUT2D eigenvalue weighted by atomic mass is 10.1. The Morgan fingerprint density at radius 3 is 2.42 bits per heavy atom. The molecule has 2 aromatic rings. The molecule has 1 atom stereocenters. The van der Waals surface area contributed by atoms with E-state index in [9.17, 15) is 4.79 Å². The molecule has 0 aliphatic rings. The van der Waals surface area contributed by atoms with Crippen molar-refractivity contribution in [2.24, 2.45) is 10.9 Å². The van der Waals surface area contributed by atoms with Gasteiger partial charge in [0.05, 0.1) is 13.2 Å². The number of nitrogens with two attached hydrogens (primary N) is 1. The molecule has 9 heteroatoms. The van der Waals surface area contributed by atoms with Crippen LogP contribution in [0.25, 0.3) is 0 Å². The average molecular weight is 431 g/mol. The largest absolute Gasteiger partial charge is 0.493 e. The Hall–Kier alpha value is -3.46. The number of nitrogens with one attached hydrogen (secondary N) is 1. The second-order valence-electron chi connectivity index (χ2n) is 6.62. The van der Waals surface area contributed by atoms with Crippen LogP contribution in [-0.4, -0.2) is 48.0 Å². The molecule has 31 heavy (non-hydrogen) atoms. The number of esters is 1. The van der Waals surface area contributed by atoms with Crippen molar-refractivity contribution in [3.05, 3.63) is 47.5 Å². The minimum Gasteiger partial charge on any atom is -0.493 e. The Balaban J connectivity index is 2.16. The standard InChI is InChI=1S/C22H29N3O6/c1-4-15-12-20(19(30-11-10-26)13-18(15)29-5-2)31-22(27)14(3)24-17-8-6-16(7-9-17)21(23)25-28/h6-9,12-14,24,26,28H,4-5,10-11H2,1-3H3,(H2,23,25). The number of anilines is 1. The molecule has 0 bridgehead atoms. The highest BCUT2D eigenvalue weighted by atomic mass is 16.6. The predicted octanol–water partition coefficient (Wildman–Crippen LogP) is 2.52. The van der Waals surface area contributed by atoms with Crippen LogP contribution in [0.15, 0.2) is 41.6 Å². The van der Waals surface area contributed by atoms with E-state index in [2.05, 4.69) is 10.5 Å². The number of hydrogen-bond donors (Lipinski definition) is 4. The van der Waals surface area contributed by atoms with Gasteiger partial charge in [-0.25, -0.2) is 4.79 Å². The van der Waals surface area contributed by atoms with Crippen molar-refractivity contribution in [1.29, 1.82) is 0 Å². The van der Waals surface area contributed by atoms with Crippen LogP contribution >= 0.6 is 0 Å².